The number of carbonyl (C=O) groups excluding carboxylic acids is 1. The third-order valence-electron chi connectivity index (χ3n) is 3.37. The monoisotopic (exact) mass is 302 g/mol. The number of halogens is 3. The van der Waals surface area contributed by atoms with Gasteiger partial charge in [-0.25, -0.2) is 4.79 Å². The van der Waals surface area contributed by atoms with E-state index in [1.54, 1.807) is 6.92 Å². The molecule has 0 aliphatic carbocycles. The van der Waals surface area contributed by atoms with Crippen LogP contribution >= 0.6 is 0 Å². The maximum Gasteiger partial charge on any atom is 0.417 e. The number of piperazine rings is 1. The fourth-order valence-electron chi connectivity index (χ4n) is 2.27. The van der Waals surface area contributed by atoms with Crippen LogP contribution in [0.2, 0.25) is 0 Å². The highest BCUT2D eigenvalue weighted by Gasteiger charge is 2.36. The molecule has 1 aliphatic heterocycles. The summed E-state index contributed by atoms with van der Waals surface area (Å²) in [5.74, 6) is -1.92. The highest BCUT2D eigenvalue weighted by molar-refractivity contribution is 5.91. The number of hydrogen-bond donors (Lipinski definition) is 2. The van der Waals surface area contributed by atoms with Crippen LogP contribution in [0.5, 0.6) is 0 Å². The number of carboxylic acids is 1. The topological polar surface area (TPSA) is 69.6 Å². The van der Waals surface area contributed by atoms with Crippen LogP contribution in [0.4, 0.5) is 18.9 Å². The van der Waals surface area contributed by atoms with Gasteiger partial charge in [0, 0.05) is 18.8 Å². The Labute approximate surface area is 118 Å². The van der Waals surface area contributed by atoms with Gasteiger partial charge in [-0.1, -0.05) is 0 Å². The van der Waals surface area contributed by atoms with Gasteiger partial charge in [0.15, 0.2) is 0 Å². The first kappa shape index (κ1) is 15.1. The van der Waals surface area contributed by atoms with E-state index in [0.717, 1.165) is 12.1 Å². The van der Waals surface area contributed by atoms with Gasteiger partial charge < -0.3 is 15.3 Å². The second-order valence-corrected chi connectivity index (χ2v) is 4.69. The molecule has 5 nitrogen and oxygen atoms in total. The summed E-state index contributed by atoms with van der Waals surface area (Å²) in [5, 5.41) is 11.5. The van der Waals surface area contributed by atoms with Crippen LogP contribution in [-0.4, -0.2) is 36.1 Å². The lowest BCUT2D eigenvalue weighted by Gasteiger charge is -2.35. The summed E-state index contributed by atoms with van der Waals surface area (Å²) >= 11 is 0. The van der Waals surface area contributed by atoms with Crippen molar-refractivity contribution in [2.24, 2.45) is 0 Å². The summed E-state index contributed by atoms with van der Waals surface area (Å²) in [6.45, 7) is 2.26. The SMILES string of the molecule is CC1C(=O)NCCN1c1ccc(C(=O)O)c(C(F)(F)F)c1. The highest BCUT2D eigenvalue weighted by atomic mass is 19.4. The predicted molar refractivity (Wildman–Crippen MR) is 68.2 cm³/mol. The van der Waals surface area contributed by atoms with E-state index in [0.29, 0.717) is 13.1 Å². The minimum Gasteiger partial charge on any atom is -0.478 e. The average Bonchev–Trinajstić information content (AvgIpc) is 2.40. The number of nitrogens with one attached hydrogen (secondary N) is 1. The van der Waals surface area contributed by atoms with Gasteiger partial charge in [0.05, 0.1) is 11.1 Å². The molecule has 0 bridgehead atoms. The number of alkyl halides is 3. The summed E-state index contributed by atoms with van der Waals surface area (Å²) in [5.41, 5.74) is -1.85. The van der Waals surface area contributed by atoms with Crippen LogP contribution in [0.25, 0.3) is 0 Å². The maximum absolute atomic E-state index is 13.0. The van der Waals surface area contributed by atoms with Crippen molar-refractivity contribution in [2.45, 2.75) is 19.1 Å². The van der Waals surface area contributed by atoms with Gasteiger partial charge in [-0.05, 0) is 25.1 Å². The van der Waals surface area contributed by atoms with Crippen molar-refractivity contribution < 1.29 is 27.9 Å². The van der Waals surface area contributed by atoms with Crippen molar-refractivity contribution in [1.82, 2.24) is 5.32 Å². The van der Waals surface area contributed by atoms with Crippen LogP contribution in [0.3, 0.4) is 0 Å². The fraction of sp³-hybridized carbons (Fsp3) is 0.385. The molecule has 0 radical (unpaired) electrons. The van der Waals surface area contributed by atoms with Crippen molar-refractivity contribution in [1.29, 1.82) is 0 Å². The Morgan fingerprint density at radius 3 is 2.67 bits per heavy atom. The van der Waals surface area contributed by atoms with E-state index in [1.807, 2.05) is 0 Å². The first-order valence-electron chi connectivity index (χ1n) is 6.20. The Morgan fingerprint density at radius 1 is 1.43 bits per heavy atom. The third-order valence-corrected chi connectivity index (χ3v) is 3.37. The molecular formula is C13H13F3N2O3. The fourth-order valence-corrected chi connectivity index (χ4v) is 2.27. The lowest BCUT2D eigenvalue weighted by Crippen LogP contribution is -2.54. The summed E-state index contributed by atoms with van der Waals surface area (Å²) in [7, 11) is 0. The molecule has 1 aliphatic rings. The van der Waals surface area contributed by atoms with Crippen LogP contribution in [0.15, 0.2) is 18.2 Å². The number of amides is 1. The molecule has 2 N–H and O–H groups in total. The zero-order chi connectivity index (χ0) is 15.8. The van der Waals surface area contributed by atoms with E-state index in [9.17, 15) is 22.8 Å². The average molecular weight is 302 g/mol. The Morgan fingerprint density at radius 2 is 2.10 bits per heavy atom. The van der Waals surface area contributed by atoms with Crippen molar-refractivity contribution in [3.63, 3.8) is 0 Å². The molecule has 2 rings (SSSR count). The molecule has 0 saturated carbocycles. The largest absolute Gasteiger partial charge is 0.478 e. The maximum atomic E-state index is 13.0. The molecule has 1 atom stereocenters. The number of benzene rings is 1. The second kappa shape index (κ2) is 5.27. The van der Waals surface area contributed by atoms with E-state index >= 15 is 0 Å². The molecular weight excluding hydrogens is 289 g/mol. The van der Waals surface area contributed by atoms with Gasteiger partial charge in [0.25, 0.3) is 0 Å². The molecule has 1 heterocycles. The number of carboxylic acid groups (broad SMARTS) is 1. The highest BCUT2D eigenvalue weighted by Crippen LogP contribution is 2.35. The van der Waals surface area contributed by atoms with Gasteiger partial charge in [-0.2, -0.15) is 13.2 Å². The van der Waals surface area contributed by atoms with Crippen molar-refractivity contribution in [3.8, 4) is 0 Å². The third kappa shape index (κ3) is 2.93. The number of aromatic carboxylic acids is 1. The molecule has 0 aromatic heterocycles. The number of carbonyl (C=O) groups is 2. The lowest BCUT2D eigenvalue weighted by molar-refractivity contribution is -0.138. The Bertz CT molecular complexity index is 587. The van der Waals surface area contributed by atoms with E-state index < -0.39 is 29.3 Å². The number of nitrogens with zero attached hydrogens (tertiary/aromatic N) is 1. The van der Waals surface area contributed by atoms with Gasteiger partial charge in [0.1, 0.15) is 6.04 Å². The van der Waals surface area contributed by atoms with Crippen LogP contribution in [0, 0.1) is 0 Å². The summed E-state index contributed by atoms with van der Waals surface area (Å²) in [6, 6.07) is 2.36. The smallest absolute Gasteiger partial charge is 0.417 e. The Balaban J connectivity index is 2.47. The molecule has 1 aromatic rings. The summed E-state index contributed by atoms with van der Waals surface area (Å²) in [4.78, 5) is 24.0. The van der Waals surface area contributed by atoms with Crippen molar-refractivity contribution >= 4 is 17.6 Å². The summed E-state index contributed by atoms with van der Waals surface area (Å²) in [6.07, 6.45) is -4.77. The molecule has 1 aromatic carbocycles. The van der Waals surface area contributed by atoms with Crippen molar-refractivity contribution in [3.05, 3.63) is 29.3 Å². The molecule has 1 fully saturated rings. The van der Waals surface area contributed by atoms with Crippen molar-refractivity contribution in [2.75, 3.05) is 18.0 Å². The first-order valence-corrected chi connectivity index (χ1v) is 6.20. The van der Waals surface area contributed by atoms with Crippen LogP contribution in [0.1, 0.15) is 22.8 Å². The Kier molecular flexibility index (Phi) is 3.80. The van der Waals surface area contributed by atoms with Gasteiger partial charge in [-0.3, -0.25) is 4.79 Å². The molecule has 0 spiro atoms. The van der Waals surface area contributed by atoms with Crippen LogP contribution < -0.4 is 10.2 Å². The molecule has 1 saturated heterocycles. The normalized spacial score (nSPS) is 19.3. The zero-order valence-corrected chi connectivity index (χ0v) is 11.1. The van der Waals surface area contributed by atoms with Crippen LogP contribution in [-0.2, 0) is 11.0 Å². The molecule has 1 amide bonds. The minimum atomic E-state index is -4.77. The number of hydrogen-bond acceptors (Lipinski definition) is 3. The second-order valence-electron chi connectivity index (χ2n) is 4.69. The lowest BCUT2D eigenvalue weighted by atomic mass is 10.0. The molecule has 21 heavy (non-hydrogen) atoms. The van der Waals surface area contributed by atoms with E-state index in [4.69, 9.17) is 5.11 Å². The van der Waals surface area contributed by atoms with Gasteiger partial charge in [-0.15, -0.1) is 0 Å². The number of anilines is 1. The first-order chi connectivity index (χ1) is 9.71. The molecule has 114 valence electrons. The molecule has 1 unspecified atom stereocenters. The Hall–Kier alpha value is -2.25. The van der Waals surface area contributed by atoms with E-state index in [1.165, 1.54) is 11.0 Å². The zero-order valence-electron chi connectivity index (χ0n) is 11.1. The van der Waals surface area contributed by atoms with E-state index in [2.05, 4.69) is 5.32 Å². The van der Waals surface area contributed by atoms with Gasteiger partial charge >= 0.3 is 12.1 Å². The summed E-state index contributed by atoms with van der Waals surface area (Å²) < 4.78 is 38.9. The predicted octanol–water partition coefficient (Wildman–Crippen LogP) is 1.73. The molecule has 8 heteroatoms. The standard InChI is InChI=1S/C13H13F3N2O3/c1-7-11(19)17-4-5-18(7)8-2-3-9(12(20)21)10(6-8)13(14,15)16/h2-3,6-7H,4-5H2,1H3,(H,17,19)(H,20,21). The number of rotatable bonds is 2. The minimum absolute atomic E-state index is 0.176. The quantitative estimate of drug-likeness (QED) is 0.873. The van der Waals surface area contributed by atoms with Gasteiger partial charge in [0.2, 0.25) is 5.91 Å². The van der Waals surface area contributed by atoms with E-state index in [-0.39, 0.29) is 11.6 Å².